The van der Waals surface area contributed by atoms with Crippen molar-refractivity contribution >= 4 is 87.2 Å². The molecule has 13 rings (SSSR count). The van der Waals surface area contributed by atoms with Gasteiger partial charge in [-0.05, 0) is 66.0 Å². The number of fused-ring (bicyclic) bond motifs is 13. The van der Waals surface area contributed by atoms with E-state index < -0.39 is 0 Å². The van der Waals surface area contributed by atoms with Crippen LogP contribution in [-0.4, -0.2) is 19.1 Å². The molecule has 59 heavy (non-hydrogen) atoms. The standard InChI is InChI=1S/C54H32N4O/c1-2-14-34(15-3-1)50-42-19-6-9-21-44(42)55-54(56-50)35-25-27-36(28-26-35)57-51-40(31-32-48-49(51)43-20-8-11-24-47(43)59-48)41-30-29-39-38-18-7-10-22-46(38)58(53(39)52(41)57)45-23-12-16-33-13-4-5-17-37(33)45/h1-32H. The lowest BCUT2D eigenvalue weighted by atomic mass is 10.1. The second-order valence-electron chi connectivity index (χ2n) is 15.3. The lowest BCUT2D eigenvalue weighted by Crippen LogP contribution is -2.00. The molecular formula is C54H32N4O. The number of hydrogen-bond acceptors (Lipinski definition) is 3. The normalized spacial score (nSPS) is 12.1. The molecule has 13 aromatic rings. The highest BCUT2D eigenvalue weighted by atomic mass is 16.3. The average molecular weight is 753 g/mol. The molecule has 0 saturated heterocycles. The Kier molecular flexibility index (Phi) is 6.66. The summed E-state index contributed by atoms with van der Waals surface area (Å²) in [6, 6.07) is 68.9. The van der Waals surface area contributed by atoms with Gasteiger partial charge in [0.05, 0.1) is 44.4 Å². The average Bonchev–Trinajstić information content (AvgIpc) is 3.96. The fourth-order valence-electron chi connectivity index (χ4n) is 9.54. The Morgan fingerprint density at radius 1 is 0.373 bits per heavy atom. The van der Waals surface area contributed by atoms with E-state index in [9.17, 15) is 0 Å². The van der Waals surface area contributed by atoms with E-state index >= 15 is 0 Å². The monoisotopic (exact) mass is 752 g/mol. The van der Waals surface area contributed by atoms with E-state index in [1.807, 2.05) is 18.2 Å². The quantitative estimate of drug-likeness (QED) is 0.180. The van der Waals surface area contributed by atoms with Gasteiger partial charge in [0.15, 0.2) is 5.82 Å². The molecule has 9 aromatic carbocycles. The molecule has 0 aliphatic heterocycles. The van der Waals surface area contributed by atoms with Crippen molar-refractivity contribution in [1.29, 1.82) is 0 Å². The molecule has 0 aliphatic carbocycles. The Labute approximate surface area is 337 Å². The van der Waals surface area contributed by atoms with E-state index in [1.165, 1.54) is 37.8 Å². The fraction of sp³-hybridized carbons (Fsp3) is 0. The van der Waals surface area contributed by atoms with Gasteiger partial charge in [-0.3, -0.25) is 0 Å². The third kappa shape index (κ3) is 4.61. The highest BCUT2D eigenvalue weighted by Crippen LogP contribution is 2.46. The lowest BCUT2D eigenvalue weighted by molar-refractivity contribution is 0.669. The molecular weight excluding hydrogens is 721 g/mol. The molecule has 0 bridgehead atoms. The van der Waals surface area contributed by atoms with Crippen molar-refractivity contribution in [2.75, 3.05) is 0 Å². The van der Waals surface area contributed by atoms with E-state index in [2.05, 4.69) is 185 Å². The van der Waals surface area contributed by atoms with Crippen LogP contribution in [0.15, 0.2) is 199 Å². The number of para-hydroxylation sites is 3. The minimum Gasteiger partial charge on any atom is -0.456 e. The topological polar surface area (TPSA) is 48.8 Å². The molecule has 0 N–H and O–H groups in total. The van der Waals surface area contributed by atoms with Crippen molar-refractivity contribution in [3.63, 3.8) is 0 Å². The number of nitrogens with zero attached hydrogens (tertiary/aromatic N) is 4. The van der Waals surface area contributed by atoms with Crippen molar-refractivity contribution in [2.24, 2.45) is 0 Å². The first-order chi connectivity index (χ1) is 29.3. The molecule has 0 atom stereocenters. The second-order valence-corrected chi connectivity index (χ2v) is 15.3. The second kappa shape index (κ2) is 12.2. The summed E-state index contributed by atoms with van der Waals surface area (Å²) in [6.07, 6.45) is 0. The number of benzene rings is 9. The first-order valence-corrected chi connectivity index (χ1v) is 20.0. The predicted molar refractivity (Wildman–Crippen MR) is 244 cm³/mol. The van der Waals surface area contributed by atoms with Gasteiger partial charge in [0.2, 0.25) is 0 Å². The summed E-state index contributed by atoms with van der Waals surface area (Å²) < 4.78 is 11.5. The Balaban J connectivity index is 1.15. The van der Waals surface area contributed by atoms with Gasteiger partial charge in [-0.15, -0.1) is 0 Å². The summed E-state index contributed by atoms with van der Waals surface area (Å²) in [5.41, 5.74) is 12.4. The van der Waals surface area contributed by atoms with Crippen molar-refractivity contribution in [2.45, 2.75) is 0 Å². The largest absolute Gasteiger partial charge is 0.456 e. The molecule has 0 amide bonds. The number of aromatic nitrogens is 4. The summed E-state index contributed by atoms with van der Waals surface area (Å²) in [5, 5.41) is 10.4. The zero-order valence-electron chi connectivity index (χ0n) is 31.7. The number of hydrogen-bond donors (Lipinski definition) is 0. The van der Waals surface area contributed by atoms with Gasteiger partial charge >= 0.3 is 0 Å². The Morgan fingerprint density at radius 2 is 1.02 bits per heavy atom. The van der Waals surface area contributed by atoms with Crippen LogP contribution in [0.2, 0.25) is 0 Å². The van der Waals surface area contributed by atoms with Crippen LogP contribution in [0.4, 0.5) is 0 Å². The minimum atomic E-state index is 0.693. The smallest absolute Gasteiger partial charge is 0.160 e. The number of furan rings is 1. The van der Waals surface area contributed by atoms with Gasteiger partial charge in [0.25, 0.3) is 0 Å². The maximum atomic E-state index is 6.55. The summed E-state index contributed by atoms with van der Waals surface area (Å²) >= 11 is 0. The fourth-order valence-corrected chi connectivity index (χ4v) is 9.54. The van der Waals surface area contributed by atoms with Crippen LogP contribution in [0.25, 0.3) is 121 Å². The van der Waals surface area contributed by atoms with Crippen molar-refractivity contribution in [1.82, 2.24) is 19.1 Å². The lowest BCUT2D eigenvalue weighted by Gasteiger charge is -2.15. The highest BCUT2D eigenvalue weighted by molar-refractivity contribution is 6.29. The van der Waals surface area contributed by atoms with Gasteiger partial charge in [0, 0.05) is 54.5 Å². The molecule has 0 spiro atoms. The molecule has 5 heteroatoms. The first kappa shape index (κ1) is 32.1. The van der Waals surface area contributed by atoms with Crippen LogP contribution >= 0.6 is 0 Å². The van der Waals surface area contributed by atoms with Crippen molar-refractivity contribution in [3.8, 4) is 34.0 Å². The minimum absolute atomic E-state index is 0.693. The van der Waals surface area contributed by atoms with Crippen LogP contribution in [-0.2, 0) is 0 Å². The Bertz CT molecular complexity index is 3830. The maximum absolute atomic E-state index is 6.55. The van der Waals surface area contributed by atoms with Crippen molar-refractivity contribution in [3.05, 3.63) is 194 Å². The van der Waals surface area contributed by atoms with E-state index in [0.717, 1.165) is 77.6 Å². The van der Waals surface area contributed by atoms with Gasteiger partial charge in [-0.2, -0.15) is 0 Å². The molecule has 0 fully saturated rings. The van der Waals surface area contributed by atoms with Crippen molar-refractivity contribution < 1.29 is 4.42 Å². The maximum Gasteiger partial charge on any atom is 0.160 e. The van der Waals surface area contributed by atoms with E-state index in [0.29, 0.717) is 5.82 Å². The van der Waals surface area contributed by atoms with Gasteiger partial charge < -0.3 is 13.6 Å². The molecule has 4 heterocycles. The van der Waals surface area contributed by atoms with E-state index in [4.69, 9.17) is 14.4 Å². The molecule has 0 aliphatic rings. The molecule has 5 nitrogen and oxygen atoms in total. The summed E-state index contributed by atoms with van der Waals surface area (Å²) in [6.45, 7) is 0. The first-order valence-electron chi connectivity index (χ1n) is 20.0. The summed E-state index contributed by atoms with van der Waals surface area (Å²) in [4.78, 5) is 10.3. The van der Waals surface area contributed by atoms with E-state index in [-0.39, 0.29) is 0 Å². The zero-order chi connectivity index (χ0) is 38.6. The zero-order valence-corrected chi connectivity index (χ0v) is 31.7. The van der Waals surface area contributed by atoms with Crippen LogP contribution in [0.1, 0.15) is 0 Å². The van der Waals surface area contributed by atoms with Crippen LogP contribution in [0.3, 0.4) is 0 Å². The number of rotatable bonds is 4. The molecule has 4 aromatic heterocycles. The molecule has 0 unspecified atom stereocenters. The van der Waals surface area contributed by atoms with Crippen LogP contribution in [0.5, 0.6) is 0 Å². The predicted octanol–water partition coefficient (Wildman–Crippen LogP) is 14.2. The molecule has 274 valence electrons. The van der Waals surface area contributed by atoms with Gasteiger partial charge in [0.1, 0.15) is 11.2 Å². The Hall–Kier alpha value is -8.02. The third-order valence-corrected chi connectivity index (χ3v) is 12.1. The van der Waals surface area contributed by atoms with Crippen LogP contribution < -0.4 is 0 Å². The SMILES string of the molecule is c1ccc(-c2nc(-c3ccc(-n4c5c(ccc6oc7ccccc7c65)c5ccc6c7ccccc7n(-c7cccc8ccccc78)c6c54)cc3)nc3ccccc23)cc1. The van der Waals surface area contributed by atoms with Gasteiger partial charge in [-0.25, -0.2) is 9.97 Å². The van der Waals surface area contributed by atoms with Gasteiger partial charge in [-0.1, -0.05) is 133 Å². The third-order valence-electron chi connectivity index (χ3n) is 12.1. The van der Waals surface area contributed by atoms with E-state index in [1.54, 1.807) is 0 Å². The molecule has 0 saturated carbocycles. The summed E-state index contributed by atoms with van der Waals surface area (Å²) in [5.74, 6) is 0.693. The Morgan fingerprint density at radius 3 is 1.88 bits per heavy atom. The van der Waals surface area contributed by atoms with Crippen LogP contribution in [0, 0.1) is 0 Å². The highest BCUT2D eigenvalue weighted by Gasteiger charge is 2.25. The molecule has 0 radical (unpaired) electrons. The summed E-state index contributed by atoms with van der Waals surface area (Å²) in [7, 11) is 0.